The van der Waals surface area contributed by atoms with E-state index < -0.39 is 6.04 Å². The molecule has 2 N–H and O–H groups in total. The molecule has 10 heteroatoms. The number of morpholine rings is 1. The number of anilines is 3. The number of hydrogen-bond acceptors (Lipinski definition) is 6. The van der Waals surface area contributed by atoms with Crippen molar-refractivity contribution in [3.63, 3.8) is 0 Å². The van der Waals surface area contributed by atoms with Gasteiger partial charge in [-0.15, -0.1) is 0 Å². The molecule has 1 unspecified atom stereocenters. The number of benzene rings is 2. The van der Waals surface area contributed by atoms with Crippen LogP contribution in [-0.2, 0) is 16.1 Å². The highest BCUT2D eigenvalue weighted by Gasteiger charge is 2.41. The summed E-state index contributed by atoms with van der Waals surface area (Å²) in [5, 5.41) is 5.28. The SMILES string of the molecule is CNC(=O)Nc1ccc(-c2ncc3c(n2)N2CCOCC2C(=O)N3Cc2cccc(-n3cccc3)c2)cc1. The molecule has 3 amide bonds. The van der Waals surface area contributed by atoms with Crippen LogP contribution in [0.4, 0.5) is 22.0 Å². The Morgan fingerprint density at radius 1 is 1.11 bits per heavy atom. The second-order valence-electron chi connectivity index (χ2n) is 9.15. The molecule has 1 saturated heterocycles. The minimum absolute atomic E-state index is 0.0236. The first-order valence-corrected chi connectivity index (χ1v) is 12.4. The highest BCUT2D eigenvalue weighted by molar-refractivity contribution is 6.05. The third-order valence-corrected chi connectivity index (χ3v) is 6.77. The summed E-state index contributed by atoms with van der Waals surface area (Å²) in [5.74, 6) is 1.24. The number of aromatic nitrogens is 3. The van der Waals surface area contributed by atoms with Crippen molar-refractivity contribution in [1.29, 1.82) is 0 Å². The molecule has 0 bridgehead atoms. The molecule has 0 radical (unpaired) electrons. The second-order valence-corrected chi connectivity index (χ2v) is 9.15. The third-order valence-electron chi connectivity index (χ3n) is 6.77. The molecule has 0 saturated carbocycles. The second kappa shape index (κ2) is 9.98. The zero-order valence-electron chi connectivity index (χ0n) is 20.9. The molecule has 38 heavy (non-hydrogen) atoms. The van der Waals surface area contributed by atoms with Crippen LogP contribution in [0.5, 0.6) is 0 Å². The summed E-state index contributed by atoms with van der Waals surface area (Å²) in [5.41, 5.74) is 4.19. The molecule has 2 aliphatic rings. The standard InChI is InChI=1S/C28H27N7O3/c1-29-28(37)31-21-9-7-20(8-10-21)25-30-16-23-26(32-25)34-13-14-38-18-24(34)27(36)35(23)17-19-5-4-6-22(15-19)33-11-2-3-12-33/h2-12,15-16,24H,13-14,17-18H2,1H3,(H2,29,31,37). The van der Waals surface area contributed by atoms with Crippen LogP contribution < -0.4 is 20.4 Å². The first-order valence-electron chi connectivity index (χ1n) is 12.4. The molecule has 4 heterocycles. The molecule has 1 fully saturated rings. The van der Waals surface area contributed by atoms with Crippen molar-refractivity contribution in [2.75, 3.05) is 41.9 Å². The van der Waals surface area contributed by atoms with Crippen LogP contribution in [-0.4, -0.2) is 59.3 Å². The van der Waals surface area contributed by atoms with E-state index in [1.165, 1.54) is 0 Å². The molecule has 6 rings (SSSR count). The molecular weight excluding hydrogens is 482 g/mol. The predicted molar refractivity (Wildman–Crippen MR) is 144 cm³/mol. The van der Waals surface area contributed by atoms with E-state index in [1.54, 1.807) is 30.3 Å². The number of carbonyl (C=O) groups excluding carboxylic acids is 2. The van der Waals surface area contributed by atoms with Crippen LogP contribution in [0.3, 0.4) is 0 Å². The van der Waals surface area contributed by atoms with E-state index in [1.807, 2.05) is 64.3 Å². The Labute approximate surface area is 219 Å². The summed E-state index contributed by atoms with van der Waals surface area (Å²) in [6.45, 7) is 1.82. The van der Waals surface area contributed by atoms with Gasteiger partial charge in [0.25, 0.3) is 5.91 Å². The van der Waals surface area contributed by atoms with E-state index in [0.717, 1.165) is 22.6 Å². The molecule has 10 nitrogen and oxygen atoms in total. The van der Waals surface area contributed by atoms with Crippen molar-refractivity contribution in [3.8, 4) is 17.1 Å². The Balaban J connectivity index is 1.34. The smallest absolute Gasteiger partial charge is 0.318 e. The molecule has 2 aromatic carbocycles. The maximum Gasteiger partial charge on any atom is 0.318 e. The fourth-order valence-electron chi connectivity index (χ4n) is 4.83. The number of nitrogens with zero attached hydrogens (tertiary/aromatic N) is 5. The maximum atomic E-state index is 13.6. The summed E-state index contributed by atoms with van der Waals surface area (Å²) >= 11 is 0. The van der Waals surface area contributed by atoms with Gasteiger partial charge in [0.1, 0.15) is 11.7 Å². The summed E-state index contributed by atoms with van der Waals surface area (Å²) in [6, 6.07) is 18.7. The molecule has 4 aromatic rings. The Kier molecular flexibility index (Phi) is 6.22. The monoisotopic (exact) mass is 509 g/mol. The first kappa shape index (κ1) is 23.7. The first-order chi connectivity index (χ1) is 18.6. The van der Waals surface area contributed by atoms with E-state index in [9.17, 15) is 9.59 Å². The lowest BCUT2D eigenvalue weighted by Crippen LogP contribution is -2.58. The van der Waals surface area contributed by atoms with Gasteiger partial charge in [0.05, 0.1) is 26.0 Å². The van der Waals surface area contributed by atoms with E-state index in [-0.39, 0.29) is 11.9 Å². The molecule has 0 spiro atoms. The van der Waals surface area contributed by atoms with Crippen LogP contribution >= 0.6 is 0 Å². The number of carbonyl (C=O) groups is 2. The molecule has 1 atom stereocenters. The van der Waals surface area contributed by atoms with Gasteiger partial charge in [-0.1, -0.05) is 12.1 Å². The number of urea groups is 1. The zero-order chi connectivity index (χ0) is 26.1. The average Bonchev–Trinajstić information content (AvgIpc) is 3.51. The van der Waals surface area contributed by atoms with Crippen LogP contribution in [0.25, 0.3) is 17.1 Å². The minimum Gasteiger partial charge on any atom is -0.377 e. The van der Waals surface area contributed by atoms with Gasteiger partial charge in [-0.2, -0.15) is 0 Å². The fourth-order valence-corrected chi connectivity index (χ4v) is 4.83. The van der Waals surface area contributed by atoms with E-state index in [0.29, 0.717) is 43.5 Å². The Morgan fingerprint density at radius 2 is 1.92 bits per heavy atom. The molecule has 192 valence electrons. The number of rotatable bonds is 5. The van der Waals surface area contributed by atoms with Crippen LogP contribution in [0.1, 0.15) is 5.56 Å². The van der Waals surface area contributed by atoms with Crippen molar-refractivity contribution < 1.29 is 14.3 Å². The summed E-state index contributed by atoms with van der Waals surface area (Å²) < 4.78 is 7.72. The summed E-state index contributed by atoms with van der Waals surface area (Å²) in [7, 11) is 1.57. The largest absolute Gasteiger partial charge is 0.377 e. The topological polar surface area (TPSA) is 105 Å². The number of nitrogens with one attached hydrogen (secondary N) is 2. The van der Waals surface area contributed by atoms with E-state index in [2.05, 4.69) is 21.7 Å². The van der Waals surface area contributed by atoms with Crippen molar-refractivity contribution in [2.45, 2.75) is 12.6 Å². The van der Waals surface area contributed by atoms with Crippen LogP contribution in [0.15, 0.2) is 79.3 Å². The van der Waals surface area contributed by atoms with Crippen molar-refractivity contribution in [2.24, 2.45) is 0 Å². The molecule has 2 aromatic heterocycles. The van der Waals surface area contributed by atoms with Gasteiger partial charge in [-0.05, 0) is 54.1 Å². The molecule has 0 aliphatic carbocycles. The van der Waals surface area contributed by atoms with Gasteiger partial charge in [-0.3, -0.25) is 4.79 Å². The average molecular weight is 510 g/mol. The predicted octanol–water partition coefficient (Wildman–Crippen LogP) is 3.44. The lowest BCUT2D eigenvalue weighted by molar-refractivity contribution is -0.122. The quantitative estimate of drug-likeness (QED) is 0.427. The zero-order valence-corrected chi connectivity index (χ0v) is 20.9. The van der Waals surface area contributed by atoms with Gasteiger partial charge in [0.15, 0.2) is 11.6 Å². The van der Waals surface area contributed by atoms with Crippen molar-refractivity contribution in [3.05, 3.63) is 84.8 Å². The van der Waals surface area contributed by atoms with Gasteiger partial charge >= 0.3 is 6.03 Å². The van der Waals surface area contributed by atoms with Gasteiger partial charge in [0.2, 0.25) is 0 Å². The van der Waals surface area contributed by atoms with E-state index in [4.69, 9.17) is 9.72 Å². The highest BCUT2D eigenvalue weighted by Crippen LogP contribution is 2.37. The minimum atomic E-state index is -0.439. The lowest BCUT2D eigenvalue weighted by Gasteiger charge is -2.44. The summed E-state index contributed by atoms with van der Waals surface area (Å²) in [6.07, 6.45) is 5.72. The lowest BCUT2D eigenvalue weighted by atomic mass is 10.1. The van der Waals surface area contributed by atoms with E-state index >= 15 is 0 Å². The number of amides is 3. The normalized spacial score (nSPS) is 16.6. The Morgan fingerprint density at radius 3 is 2.71 bits per heavy atom. The Hall–Kier alpha value is -4.70. The molecular formula is C28H27N7O3. The van der Waals surface area contributed by atoms with Crippen molar-refractivity contribution in [1.82, 2.24) is 19.9 Å². The number of fused-ring (bicyclic) bond motifs is 3. The fraction of sp³-hybridized carbons (Fsp3) is 0.214. The van der Waals surface area contributed by atoms with Gasteiger partial charge in [-0.25, -0.2) is 14.8 Å². The Bertz CT molecular complexity index is 1470. The maximum absolute atomic E-state index is 13.6. The number of hydrogen-bond donors (Lipinski definition) is 2. The van der Waals surface area contributed by atoms with Gasteiger partial charge in [0, 0.05) is 42.9 Å². The van der Waals surface area contributed by atoms with Crippen LogP contribution in [0.2, 0.25) is 0 Å². The van der Waals surface area contributed by atoms with Crippen LogP contribution in [0, 0.1) is 0 Å². The molecule has 2 aliphatic heterocycles. The number of ether oxygens (including phenoxy) is 1. The summed E-state index contributed by atoms with van der Waals surface area (Å²) in [4.78, 5) is 38.6. The van der Waals surface area contributed by atoms with Gasteiger partial charge < -0.3 is 29.7 Å². The third kappa shape index (κ3) is 4.46. The highest BCUT2D eigenvalue weighted by atomic mass is 16.5. The van der Waals surface area contributed by atoms with Crippen molar-refractivity contribution >= 4 is 29.1 Å².